The topological polar surface area (TPSA) is 74.0 Å². The van der Waals surface area contributed by atoms with Gasteiger partial charge in [-0.3, -0.25) is 4.21 Å². The molecule has 33 heavy (non-hydrogen) atoms. The Bertz CT molecular complexity index is 1280. The number of thioether (sulfide) groups is 1. The molecule has 4 aromatic rings. The molecular weight excluding hydrogens is 468 g/mol. The fraction of sp³-hybridized carbons (Fsp3) is 0.154. The third-order valence-electron chi connectivity index (χ3n) is 5.00. The lowest BCUT2D eigenvalue weighted by atomic mass is 10.0. The Morgan fingerprint density at radius 3 is 2.55 bits per heavy atom. The first-order valence-electron chi connectivity index (χ1n) is 10.4. The SMILES string of the molecule is Cc1ccc([S@@](=O)C[C@@H](O)CSc2nc(-c3cccs3)cc(-c3ccccc3)c2C#N)cc1. The number of thiophene rings is 1. The van der Waals surface area contributed by atoms with Crippen molar-refractivity contribution in [3.05, 3.63) is 89.3 Å². The largest absolute Gasteiger partial charge is 0.391 e. The van der Waals surface area contributed by atoms with Crippen molar-refractivity contribution in [3.63, 3.8) is 0 Å². The second-order valence-electron chi connectivity index (χ2n) is 7.48. The van der Waals surface area contributed by atoms with E-state index in [1.807, 2.05) is 85.1 Å². The number of aromatic nitrogens is 1. The normalized spacial score (nSPS) is 12.8. The van der Waals surface area contributed by atoms with Gasteiger partial charge in [0, 0.05) is 16.2 Å². The van der Waals surface area contributed by atoms with Crippen LogP contribution in [-0.4, -0.2) is 31.9 Å². The molecule has 0 spiro atoms. The first-order valence-corrected chi connectivity index (χ1v) is 13.5. The van der Waals surface area contributed by atoms with Crippen molar-refractivity contribution in [2.75, 3.05) is 11.5 Å². The van der Waals surface area contributed by atoms with Gasteiger partial charge in [0.2, 0.25) is 0 Å². The van der Waals surface area contributed by atoms with Crippen LogP contribution in [0.4, 0.5) is 0 Å². The number of aliphatic hydroxyl groups is 1. The molecule has 1 N–H and O–H groups in total. The molecule has 0 saturated carbocycles. The van der Waals surface area contributed by atoms with E-state index in [0.29, 0.717) is 21.2 Å². The highest BCUT2D eigenvalue weighted by molar-refractivity contribution is 7.99. The zero-order chi connectivity index (χ0) is 23.2. The van der Waals surface area contributed by atoms with Crippen LogP contribution in [0.15, 0.2) is 88.1 Å². The first kappa shape index (κ1) is 23.4. The Hall–Kier alpha value is -2.76. The number of hydrogen-bond acceptors (Lipinski definition) is 6. The number of aliphatic hydroxyl groups excluding tert-OH is 1. The Morgan fingerprint density at radius 2 is 1.88 bits per heavy atom. The molecule has 0 aliphatic rings. The summed E-state index contributed by atoms with van der Waals surface area (Å²) in [7, 11) is -1.30. The van der Waals surface area contributed by atoms with Crippen LogP contribution in [0.5, 0.6) is 0 Å². The average Bonchev–Trinajstić information content (AvgIpc) is 3.38. The van der Waals surface area contributed by atoms with Crippen molar-refractivity contribution >= 4 is 33.9 Å². The molecular formula is C26H22N2O2S3. The third-order valence-corrected chi connectivity index (χ3v) is 8.49. The molecule has 2 aromatic heterocycles. The number of benzene rings is 2. The van der Waals surface area contributed by atoms with Crippen LogP contribution in [0.3, 0.4) is 0 Å². The van der Waals surface area contributed by atoms with E-state index in [4.69, 9.17) is 4.98 Å². The minimum Gasteiger partial charge on any atom is -0.391 e. The van der Waals surface area contributed by atoms with E-state index < -0.39 is 16.9 Å². The van der Waals surface area contributed by atoms with E-state index >= 15 is 0 Å². The van der Waals surface area contributed by atoms with E-state index in [0.717, 1.165) is 27.3 Å². The third kappa shape index (κ3) is 5.79. The number of nitrogens with zero attached hydrogens (tertiary/aromatic N) is 2. The second-order valence-corrected chi connectivity index (χ2v) is 10.9. The maximum Gasteiger partial charge on any atom is 0.115 e. The molecule has 7 heteroatoms. The van der Waals surface area contributed by atoms with Gasteiger partial charge < -0.3 is 5.11 Å². The lowest BCUT2D eigenvalue weighted by molar-refractivity contribution is 0.224. The zero-order valence-electron chi connectivity index (χ0n) is 18.0. The Balaban J connectivity index is 1.58. The van der Waals surface area contributed by atoms with Crippen molar-refractivity contribution in [1.29, 1.82) is 5.26 Å². The maximum absolute atomic E-state index is 12.6. The maximum atomic E-state index is 12.6. The minimum absolute atomic E-state index is 0.133. The van der Waals surface area contributed by atoms with Gasteiger partial charge in [-0.1, -0.05) is 54.1 Å². The molecule has 166 valence electrons. The molecule has 0 unspecified atom stereocenters. The van der Waals surface area contributed by atoms with Crippen molar-refractivity contribution < 1.29 is 9.32 Å². The monoisotopic (exact) mass is 490 g/mol. The van der Waals surface area contributed by atoms with Gasteiger partial charge in [0.05, 0.1) is 38.8 Å². The molecule has 0 radical (unpaired) electrons. The molecule has 0 aliphatic carbocycles. The van der Waals surface area contributed by atoms with Gasteiger partial charge in [-0.25, -0.2) is 4.98 Å². The Kier molecular flexibility index (Phi) is 7.73. The number of aryl methyl sites for hydroxylation is 1. The molecule has 2 atom stereocenters. The molecule has 0 amide bonds. The molecule has 0 bridgehead atoms. The molecule has 4 rings (SSSR count). The fourth-order valence-corrected chi connectivity index (χ4v) is 6.18. The summed E-state index contributed by atoms with van der Waals surface area (Å²) < 4.78 is 12.6. The van der Waals surface area contributed by atoms with Gasteiger partial charge in [-0.2, -0.15) is 5.26 Å². The van der Waals surface area contributed by atoms with Crippen molar-refractivity contribution in [1.82, 2.24) is 4.98 Å². The lowest BCUT2D eigenvalue weighted by Crippen LogP contribution is -2.19. The van der Waals surface area contributed by atoms with Gasteiger partial charge in [-0.05, 0) is 42.1 Å². The van der Waals surface area contributed by atoms with Crippen LogP contribution in [0.1, 0.15) is 11.1 Å². The van der Waals surface area contributed by atoms with Crippen molar-refractivity contribution in [3.8, 4) is 27.8 Å². The van der Waals surface area contributed by atoms with Crippen LogP contribution >= 0.6 is 23.1 Å². The molecule has 0 saturated heterocycles. The second kappa shape index (κ2) is 10.9. The lowest BCUT2D eigenvalue weighted by Gasteiger charge is -2.14. The average molecular weight is 491 g/mol. The van der Waals surface area contributed by atoms with Crippen LogP contribution < -0.4 is 0 Å². The summed E-state index contributed by atoms with van der Waals surface area (Å²) in [6, 6.07) is 25.5. The van der Waals surface area contributed by atoms with E-state index in [1.54, 1.807) is 11.3 Å². The molecule has 2 heterocycles. The van der Waals surface area contributed by atoms with Crippen LogP contribution in [0, 0.1) is 18.3 Å². The van der Waals surface area contributed by atoms with E-state index in [2.05, 4.69) is 6.07 Å². The van der Waals surface area contributed by atoms with Gasteiger partial charge in [0.15, 0.2) is 0 Å². The highest BCUT2D eigenvalue weighted by atomic mass is 32.2. The molecule has 2 aromatic carbocycles. The van der Waals surface area contributed by atoms with Crippen LogP contribution in [-0.2, 0) is 10.8 Å². The minimum atomic E-state index is -1.30. The zero-order valence-corrected chi connectivity index (χ0v) is 20.4. The predicted molar refractivity (Wildman–Crippen MR) is 137 cm³/mol. The summed E-state index contributed by atoms with van der Waals surface area (Å²) in [5, 5.41) is 23.1. The highest BCUT2D eigenvalue weighted by Crippen LogP contribution is 2.35. The summed E-state index contributed by atoms with van der Waals surface area (Å²) in [4.78, 5) is 6.47. The Labute approximate surface area is 204 Å². The fourth-order valence-electron chi connectivity index (χ4n) is 3.31. The number of hydrogen-bond donors (Lipinski definition) is 1. The van der Waals surface area contributed by atoms with E-state index in [9.17, 15) is 14.6 Å². The number of nitriles is 1. The van der Waals surface area contributed by atoms with Crippen LogP contribution in [0.2, 0.25) is 0 Å². The van der Waals surface area contributed by atoms with Gasteiger partial charge >= 0.3 is 0 Å². The van der Waals surface area contributed by atoms with Gasteiger partial charge in [0.1, 0.15) is 11.1 Å². The van der Waals surface area contributed by atoms with E-state index in [1.165, 1.54) is 11.8 Å². The molecule has 4 nitrogen and oxygen atoms in total. The highest BCUT2D eigenvalue weighted by Gasteiger charge is 2.18. The number of rotatable bonds is 8. The van der Waals surface area contributed by atoms with E-state index in [-0.39, 0.29) is 5.75 Å². The van der Waals surface area contributed by atoms with Crippen molar-refractivity contribution in [2.45, 2.75) is 22.9 Å². The van der Waals surface area contributed by atoms with Gasteiger partial charge in [-0.15, -0.1) is 23.1 Å². The predicted octanol–water partition coefficient (Wildman–Crippen LogP) is 5.92. The summed E-state index contributed by atoms with van der Waals surface area (Å²) in [6.45, 7) is 1.98. The standard InChI is InChI=1S/C26H22N2O2S3/c1-18-9-11-21(12-10-18)33(30)17-20(29)16-32-26-23(15-27)22(19-6-3-2-4-7-19)14-24(28-26)25-8-5-13-31-25/h2-14,20,29H,16-17H2,1H3/t20-,33-/m0/s1. The Morgan fingerprint density at radius 1 is 1.12 bits per heavy atom. The summed E-state index contributed by atoms with van der Waals surface area (Å²) in [5.74, 6) is 0.426. The summed E-state index contributed by atoms with van der Waals surface area (Å²) in [6.07, 6.45) is -0.795. The summed E-state index contributed by atoms with van der Waals surface area (Å²) in [5.41, 5.74) is 4.14. The van der Waals surface area contributed by atoms with Gasteiger partial charge in [0.25, 0.3) is 0 Å². The smallest absolute Gasteiger partial charge is 0.115 e. The van der Waals surface area contributed by atoms with Crippen LogP contribution in [0.25, 0.3) is 21.7 Å². The molecule has 0 aliphatic heterocycles. The number of pyridine rings is 1. The summed E-state index contributed by atoms with van der Waals surface area (Å²) >= 11 is 2.92. The molecule has 0 fully saturated rings. The van der Waals surface area contributed by atoms with Crippen molar-refractivity contribution in [2.24, 2.45) is 0 Å². The quantitative estimate of drug-likeness (QED) is 0.311. The first-order chi connectivity index (χ1) is 16.0.